The van der Waals surface area contributed by atoms with E-state index in [2.05, 4.69) is 20.9 Å². The summed E-state index contributed by atoms with van der Waals surface area (Å²) < 4.78 is 27.6. The first kappa shape index (κ1) is 18.1. The van der Waals surface area contributed by atoms with Gasteiger partial charge in [-0.3, -0.25) is 4.79 Å². The Kier molecular flexibility index (Phi) is 5.58. The maximum atomic E-state index is 12.4. The van der Waals surface area contributed by atoms with Crippen molar-refractivity contribution >= 4 is 31.7 Å². The van der Waals surface area contributed by atoms with Crippen LogP contribution >= 0.6 is 15.9 Å². The average molecular weight is 426 g/mol. The number of sulfone groups is 1. The van der Waals surface area contributed by atoms with Gasteiger partial charge >= 0.3 is 0 Å². The second kappa shape index (κ2) is 7.70. The Bertz CT molecular complexity index is 829. The number of carbonyl (C=O) groups excluding carboxylic acids is 1. The zero-order valence-corrected chi connectivity index (χ0v) is 16.1. The summed E-state index contributed by atoms with van der Waals surface area (Å²) in [6, 6.07) is 7.47. The van der Waals surface area contributed by atoms with Crippen molar-refractivity contribution in [2.75, 3.05) is 18.8 Å². The molecule has 25 heavy (non-hydrogen) atoms. The van der Waals surface area contributed by atoms with Gasteiger partial charge < -0.3 is 9.47 Å². The van der Waals surface area contributed by atoms with Crippen molar-refractivity contribution in [1.82, 2.24) is 14.5 Å². The quantitative estimate of drug-likeness (QED) is 0.737. The largest absolute Gasteiger partial charge is 0.342 e. The molecule has 0 saturated carbocycles. The Morgan fingerprint density at radius 2 is 2.04 bits per heavy atom. The van der Waals surface area contributed by atoms with Gasteiger partial charge in [-0.1, -0.05) is 28.1 Å². The third kappa shape index (κ3) is 4.92. The van der Waals surface area contributed by atoms with Crippen LogP contribution in [0.5, 0.6) is 0 Å². The summed E-state index contributed by atoms with van der Waals surface area (Å²) in [5.41, 5.74) is 0.681. The molecule has 0 N–H and O–H groups in total. The van der Waals surface area contributed by atoms with Crippen LogP contribution in [0.1, 0.15) is 24.4 Å². The molecular formula is C17H20BrN3O3S. The van der Waals surface area contributed by atoms with Crippen molar-refractivity contribution in [2.45, 2.75) is 24.6 Å². The monoisotopic (exact) mass is 425 g/mol. The van der Waals surface area contributed by atoms with Crippen molar-refractivity contribution in [1.29, 1.82) is 0 Å². The van der Waals surface area contributed by atoms with Gasteiger partial charge in [-0.25, -0.2) is 13.4 Å². The molecule has 6 nitrogen and oxygen atoms in total. The molecule has 1 aliphatic rings. The number of likely N-dealkylation sites (tertiary alicyclic amines) is 1. The summed E-state index contributed by atoms with van der Waals surface area (Å²) in [6.07, 6.45) is 7.07. The predicted molar refractivity (Wildman–Crippen MR) is 98.7 cm³/mol. The molecule has 0 spiro atoms. The minimum Gasteiger partial charge on any atom is -0.342 e. The molecule has 1 fully saturated rings. The number of imidazole rings is 1. The van der Waals surface area contributed by atoms with E-state index in [1.165, 1.54) is 0 Å². The van der Waals surface area contributed by atoms with Gasteiger partial charge in [0.1, 0.15) is 5.75 Å². The lowest BCUT2D eigenvalue weighted by Gasteiger charge is -2.32. The summed E-state index contributed by atoms with van der Waals surface area (Å²) >= 11 is 3.33. The molecule has 0 bridgehead atoms. The third-order valence-electron chi connectivity index (χ3n) is 4.38. The lowest BCUT2D eigenvalue weighted by molar-refractivity contribution is -0.129. The van der Waals surface area contributed by atoms with Crippen LogP contribution in [0.15, 0.2) is 47.5 Å². The number of amides is 1. The number of carbonyl (C=O) groups is 1. The van der Waals surface area contributed by atoms with E-state index in [0.29, 0.717) is 24.7 Å². The lowest BCUT2D eigenvalue weighted by Crippen LogP contribution is -2.41. The summed E-state index contributed by atoms with van der Waals surface area (Å²) in [6.45, 7) is 1.15. The summed E-state index contributed by atoms with van der Waals surface area (Å²) in [5, 5.41) is 0. The predicted octanol–water partition coefficient (Wildman–Crippen LogP) is 2.42. The third-order valence-corrected chi connectivity index (χ3v) is 6.34. The van der Waals surface area contributed by atoms with Gasteiger partial charge in [0.05, 0.1) is 12.1 Å². The molecule has 8 heteroatoms. The Labute approximate surface area is 155 Å². The molecular weight excluding hydrogens is 406 g/mol. The van der Waals surface area contributed by atoms with Crippen LogP contribution in [-0.4, -0.2) is 47.6 Å². The van der Waals surface area contributed by atoms with E-state index in [1.54, 1.807) is 35.6 Å². The Morgan fingerprint density at radius 1 is 1.28 bits per heavy atom. The fourth-order valence-corrected chi connectivity index (χ4v) is 4.90. The van der Waals surface area contributed by atoms with E-state index in [4.69, 9.17) is 0 Å². The van der Waals surface area contributed by atoms with Gasteiger partial charge in [-0.15, -0.1) is 0 Å². The fourth-order valence-electron chi connectivity index (χ4n) is 3.11. The van der Waals surface area contributed by atoms with Crippen molar-refractivity contribution in [3.05, 3.63) is 53.0 Å². The number of hydrogen-bond donors (Lipinski definition) is 0. The normalized spacial score (nSPS) is 16.1. The molecule has 0 unspecified atom stereocenters. The van der Waals surface area contributed by atoms with Gasteiger partial charge in [-0.05, 0) is 30.5 Å². The molecule has 1 saturated heterocycles. The second-order valence-corrected chi connectivity index (χ2v) is 9.26. The van der Waals surface area contributed by atoms with Gasteiger partial charge in [0.2, 0.25) is 5.91 Å². The minimum atomic E-state index is -3.48. The zero-order chi connectivity index (χ0) is 17.9. The number of piperidine rings is 1. The summed E-state index contributed by atoms with van der Waals surface area (Å²) in [7, 11) is -3.48. The number of benzene rings is 1. The molecule has 1 aromatic heterocycles. The van der Waals surface area contributed by atoms with Gasteiger partial charge in [0, 0.05) is 36.0 Å². The first-order valence-electron chi connectivity index (χ1n) is 8.13. The maximum Gasteiger partial charge on any atom is 0.237 e. The highest BCUT2D eigenvalue weighted by Gasteiger charge is 2.27. The molecule has 1 aromatic carbocycles. The van der Waals surface area contributed by atoms with E-state index in [0.717, 1.165) is 17.3 Å². The van der Waals surface area contributed by atoms with Crippen LogP contribution in [0.2, 0.25) is 0 Å². The minimum absolute atomic E-state index is 0.121. The molecule has 1 aliphatic heterocycles. The SMILES string of the molecule is O=C(CS(=O)(=O)Cc1cccc(Br)c1)N1CCC(n2ccnc2)CC1. The zero-order valence-electron chi connectivity index (χ0n) is 13.7. The lowest BCUT2D eigenvalue weighted by atomic mass is 10.1. The van der Waals surface area contributed by atoms with E-state index < -0.39 is 15.6 Å². The van der Waals surface area contributed by atoms with Crippen LogP contribution in [0.3, 0.4) is 0 Å². The molecule has 0 radical (unpaired) electrons. The van der Waals surface area contributed by atoms with Crippen molar-refractivity contribution in [3.8, 4) is 0 Å². The molecule has 0 atom stereocenters. The van der Waals surface area contributed by atoms with Crippen LogP contribution in [0.4, 0.5) is 0 Å². The first-order valence-corrected chi connectivity index (χ1v) is 10.7. The molecule has 2 aromatic rings. The standard InChI is InChI=1S/C17H20BrN3O3S/c18-15-3-1-2-14(10-15)11-25(23,24)12-17(22)20-7-4-16(5-8-20)21-9-6-19-13-21/h1-3,6,9-10,13,16H,4-5,7-8,11-12H2. The number of aromatic nitrogens is 2. The highest BCUT2D eigenvalue weighted by molar-refractivity contribution is 9.10. The number of nitrogens with zero attached hydrogens (tertiary/aromatic N) is 3. The molecule has 3 rings (SSSR count). The molecule has 134 valence electrons. The summed E-state index contributed by atoms with van der Waals surface area (Å²) in [4.78, 5) is 18.1. The Hall–Kier alpha value is -1.67. The van der Waals surface area contributed by atoms with E-state index in [-0.39, 0.29) is 11.7 Å². The van der Waals surface area contributed by atoms with Crippen molar-refractivity contribution in [3.63, 3.8) is 0 Å². The van der Waals surface area contributed by atoms with E-state index >= 15 is 0 Å². The van der Waals surface area contributed by atoms with Crippen LogP contribution in [0, 0.1) is 0 Å². The smallest absolute Gasteiger partial charge is 0.237 e. The van der Waals surface area contributed by atoms with E-state index in [1.807, 2.05) is 16.8 Å². The number of rotatable bonds is 5. The Morgan fingerprint density at radius 3 is 2.68 bits per heavy atom. The van der Waals surface area contributed by atoms with E-state index in [9.17, 15) is 13.2 Å². The highest BCUT2D eigenvalue weighted by Crippen LogP contribution is 2.22. The number of hydrogen-bond acceptors (Lipinski definition) is 4. The highest BCUT2D eigenvalue weighted by atomic mass is 79.9. The molecule has 2 heterocycles. The average Bonchev–Trinajstić information content (AvgIpc) is 3.08. The van der Waals surface area contributed by atoms with Crippen molar-refractivity contribution < 1.29 is 13.2 Å². The van der Waals surface area contributed by atoms with Crippen molar-refractivity contribution in [2.24, 2.45) is 0 Å². The fraction of sp³-hybridized carbons (Fsp3) is 0.412. The van der Waals surface area contributed by atoms with Crippen LogP contribution < -0.4 is 0 Å². The van der Waals surface area contributed by atoms with Crippen LogP contribution in [0.25, 0.3) is 0 Å². The first-order chi connectivity index (χ1) is 11.9. The maximum absolute atomic E-state index is 12.4. The topological polar surface area (TPSA) is 72.3 Å². The van der Waals surface area contributed by atoms with Gasteiger partial charge in [0.15, 0.2) is 9.84 Å². The number of halogens is 1. The molecule has 0 aliphatic carbocycles. The summed E-state index contributed by atoms with van der Waals surface area (Å²) in [5.74, 6) is -0.863. The van der Waals surface area contributed by atoms with Crippen LogP contribution in [-0.2, 0) is 20.4 Å². The van der Waals surface area contributed by atoms with Gasteiger partial charge in [-0.2, -0.15) is 0 Å². The Balaban J connectivity index is 1.55. The second-order valence-electron chi connectivity index (χ2n) is 6.28. The molecule has 1 amide bonds. The van der Waals surface area contributed by atoms with Gasteiger partial charge in [0.25, 0.3) is 0 Å².